The number of benzene rings is 1. The lowest BCUT2D eigenvalue weighted by atomic mass is 10.1. The number of nitriles is 1. The molecule has 1 amide bonds. The molecule has 1 unspecified atom stereocenters. The predicted octanol–water partition coefficient (Wildman–Crippen LogP) is 2.89. The van der Waals surface area contributed by atoms with Crippen LogP contribution in [0.3, 0.4) is 0 Å². The number of para-hydroxylation sites is 1. The SMILES string of the molecule is N#CCCN(C(=O)CC1CCCCO1)c1ccccc1. The summed E-state index contributed by atoms with van der Waals surface area (Å²) in [4.78, 5) is 14.1. The molecule has 0 radical (unpaired) electrons. The van der Waals surface area contributed by atoms with Crippen molar-refractivity contribution >= 4 is 11.6 Å². The van der Waals surface area contributed by atoms with Crippen molar-refractivity contribution in [2.75, 3.05) is 18.1 Å². The molecule has 0 bridgehead atoms. The minimum absolute atomic E-state index is 0.0320. The van der Waals surface area contributed by atoms with E-state index in [1.54, 1.807) is 4.90 Å². The number of carbonyl (C=O) groups excluding carboxylic acids is 1. The van der Waals surface area contributed by atoms with Crippen molar-refractivity contribution in [2.45, 2.75) is 38.2 Å². The lowest BCUT2D eigenvalue weighted by Crippen LogP contribution is -2.35. The van der Waals surface area contributed by atoms with Gasteiger partial charge in [0.2, 0.25) is 5.91 Å². The van der Waals surface area contributed by atoms with E-state index in [1.165, 1.54) is 0 Å². The van der Waals surface area contributed by atoms with E-state index in [1.807, 2.05) is 30.3 Å². The number of hydrogen-bond donors (Lipinski definition) is 0. The highest BCUT2D eigenvalue weighted by atomic mass is 16.5. The van der Waals surface area contributed by atoms with Gasteiger partial charge in [-0.25, -0.2) is 0 Å². The highest BCUT2D eigenvalue weighted by Gasteiger charge is 2.22. The van der Waals surface area contributed by atoms with Crippen LogP contribution in [0.2, 0.25) is 0 Å². The minimum atomic E-state index is 0.0320. The molecule has 1 aromatic carbocycles. The van der Waals surface area contributed by atoms with Crippen molar-refractivity contribution in [3.05, 3.63) is 30.3 Å². The summed E-state index contributed by atoms with van der Waals surface area (Å²) in [7, 11) is 0. The van der Waals surface area contributed by atoms with Crippen LogP contribution in [0, 0.1) is 11.3 Å². The summed E-state index contributed by atoms with van der Waals surface area (Å²) in [5, 5.41) is 8.75. The summed E-state index contributed by atoms with van der Waals surface area (Å²) >= 11 is 0. The summed E-state index contributed by atoms with van der Waals surface area (Å²) in [6.07, 6.45) is 3.94. The van der Waals surface area contributed by atoms with Crippen molar-refractivity contribution in [3.8, 4) is 6.07 Å². The van der Waals surface area contributed by atoms with E-state index < -0.39 is 0 Å². The van der Waals surface area contributed by atoms with Gasteiger partial charge >= 0.3 is 0 Å². The predicted molar refractivity (Wildman–Crippen MR) is 77.2 cm³/mol. The Kier molecular flexibility index (Phi) is 5.57. The van der Waals surface area contributed by atoms with E-state index in [0.29, 0.717) is 19.4 Å². The number of carbonyl (C=O) groups is 1. The molecule has 0 saturated carbocycles. The van der Waals surface area contributed by atoms with Crippen LogP contribution in [-0.4, -0.2) is 25.2 Å². The zero-order valence-electron chi connectivity index (χ0n) is 11.6. The largest absolute Gasteiger partial charge is 0.378 e. The van der Waals surface area contributed by atoms with Gasteiger partial charge in [0.25, 0.3) is 0 Å². The maximum absolute atomic E-state index is 12.5. The lowest BCUT2D eigenvalue weighted by Gasteiger charge is -2.26. The number of anilines is 1. The Morgan fingerprint density at radius 1 is 1.35 bits per heavy atom. The molecular weight excluding hydrogens is 252 g/mol. The molecule has 1 heterocycles. The summed E-state index contributed by atoms with van der Waals surface area (Å²) in [6, 6.07) is 11.6. The van der Waals surface area contributed by atoms with Crippen LogP contribution in [0.4, 0.5) is 5.69 Å². The van der Waals surface area contributed by atoms with Crippen molar-refractivity contribution in [1.82, 2.24) is 0 Å². The van der Waals surface area contributed by atoms with E-state index in [9.17, 15) is 4.79 Å². The van der Waals surface area contributed by atoms with Gasteiger partial charge in [0.1, 0.15) is 0 Å². The zero-order chi connectivity index (χ0) is 14.2. The molecule has 4 heteroatoms. The molecule has 0 N–H and O–H groups in total. The smallest absolute Gasteiger partial charge is 0.229 e. The fourth-order valence-electron chi connectivity index (χ4n) is 2.44. The van der Waals surface area contributed by atoms with E-state index in [2.05, 4.69) is 6.07 Å². The van der Waals surface area contributed by atoms with Gasteiger partial charge in [0.05, 0.1) is 25.0 Å². The zero-order valence-corrected chi connectivity index (χ0v) is 11.6. The Morgan fingerprint density at radius 3 is 2.80 bits per heavy atom. The highest BCUT2D eigenvalue weighted by Crippen LogP contribution is 2.20. The molecule has 20 heavy (non-hydrogen) atoms. The first-order valence-corrected chi connectivity index (χ1v) is 7.15. The highest BCUT2D eigenvalue weighted by molar-refractivity contribution is 5.93. The van der Waals surface area contributed by atoms with Crippen molar-refractivity contribution in [2.24, 2.45) is 0 Å². The third kappa shape index (κ3) is 4.07. The summed E-state index contributed by atoms with van der Waals surface area (Å²) < 4.78 is 5.63. The molecule has 0 aliphatic carbocycles. The first-order chi connectivity index (χ1) is 9.81. The molecule has 4 nitrogen and oxygen atoms in total. The monoisotopic (exact) mass is 272 g/mol. The van der Waals surface area contributed by atoms with Crippen molar-refractivity contribution in [1.29, 1.82) is 5.26 Å². The van der Waals surface area contributed by atoms with Crippen LogP contribution in [0.5, 0.6) is 0 Å². The van der Waals surface area contributed by atoms with Crippen LogP contribution in [-0.2, 0) is 9.53 Å². The molecule has 1 aliphatic rings. The van der Waals surface area contributed by atoms with Crippen LogP contribution in [0.1, 0.15) is 32.1 Å². The molecule has 106 valence electrons. The van der Waals surface area contributed by atoms with Gasteiger partial charge in [-0.3, -0.25) is 4.79 Å². The van der Waals surface area contributed by atoms with Gasteiger partial charge in [-0.2, -0.15) is 5.26 Å². The third-order valence-electron chi connectivity index (χ3n) is 3.49. The Balaban J connectivity index is 2.02. The normalized spacial score (nSPS) is 18.2. The van der Waals surface area contributed by atoms with Gasteiger partial charge in [-0.1, -0.05) is 18.2 Å². The first-order valence-electron chi connectivity index (χ1n) is 7.15. The second-order valence-electron chi connectivity index (χ2n) is 4.98. The van der Waals surface area contributed by atoms with Crippen molar-refractivity contribution < 1.29 is 9.53 Å². The Bertz CT molecular complexity index is 461. The van der Waals surface area contributed by atoms with Crippen LogP contribution in [0.15, 0.2) is 30.3 Å². The number of amides is 1. The number of ether oxygens (including phenoxy) is 1. The van der Waals surface area contributed by atoms with Gasteiger partial charge in [0, 0.05) is 18.8 Å². The molecular formula is C16H20N2O2. The van der Waals surface area contributed by atoms with Crippen LogP contribution >= 0.6 is 0 Å². The summed E-state index contributed by atoms with van der Waals surface area (Å²) in [6.45, 7) is 1.19. The van der Waals surface area contributed by atoms with E-state index >= 15 is 0 Å². The maximum atomic E-state index is 12.5. The van der Waals surface area contributed by atoms with Crippen LogP contribution < -0.4 is 4.90 Å². The lowest BCUT2D eigenvalue weighted by molar-refractivity contribution is -0.122. The van der Waals surface area contributed by atoms with Gasteiger partial charge in [-0.05, 0) is 31.4 Å². The van der Waals surface area contributed by atoms with Crippen LogP contribution in [0.25, 0.3) is 0 Å². The van der Waals surface area contributed by atoms with E-state index in [4.69, 9.17) is 10.00 Å². The average Bonchev–Trinajstić information content (AvgIpc) is 2.50. The Hall–Kier alpha value is -1.86. The third-order valence-corrected chi connectivity index (χ3v) is 3.49. The average molecular weight is 272 g/mol. The van der Waals surface area contributed by atoms with E-state index in [0.717, 1.165) is 31.6 Å². The Morgan fingerprint density at radius 2 is 2.15 bits per heavy atom. The number of hydrogen-bond acceptors (Lipinski definition) is 3. The molecule has 1 saturated heterocycles. The maximum Gasteiger partial charge on any atom is 0.229 e. The standard InChI is InChI=1S/C16H20N2O2/c17-10-6-11-18(14-7-2-1-3-8-14)16(19)13-15-9-4-5-12-20-15/h1-3,7-8,15H,4-6,9,11-13H2. The topological polar surface area (TPSA) is 53.3 Å². The van der Waals surface area contributed by atoms with E-state index in [-0.39, 0.29) is 12.0 Å². The molecule has 1 fully saturated rings. The summed E-state index contributed by atoms with van der Waals surface area (Å²) in [5.74, 6) is 0.0401. The van der Waals surface area contributed by atoms with Gasteiger partial charge in [0.15, 0.2) is 0 Å². The minimum Gasteiger partial charge on any atom is -0.378 e. The fraction of sp³-hybridized carbons (Fsp3) is 0.500. The fourth-order valence-corrected chi connectivity index (χ4v) is 2.44. The molecule has 1 aromatic rings. The molecule has 2 rings (SSSR count). The summed E-state index contributed by atoms with van der Waals surface area (Å²) in [5.41, 5.74) is 0.851. The number of rotatable bonds is 5. The number of nitrogens with zero attached hydrogens (tertiary/aromatic N) is 2. The first kappa shape index (κ1) is 14.5. The van der Waals surface area contributed by atoms with Gasteiger partial charge in [-0.15, -0.1) is 0 Å². The second-order valence-corrected chi connectivity index (χ2v) is 4.98. The molecule has 0 spiro atoms. The second kappa shape index (κ2) is 7.66. The van der Waals surface area contributed by atoms with Crippen molar-refractivity contribution in [3.63, 3.8) is 0 Å². The molecule has 1 atom stereocenters. The molecule has 1 aliphatic heterocycles. The Labute approximate surface area is 120 Å². The van der Waals surface area contributed by atoms with Gasteiger partial charge < -0.3 is 9.64 Å². The molecule has 0 aromatic heterocycles. The quantitative estimate of drug-likeness (QED) is 0.828.